The van der Waals surface area contributed by atoms with Gasteiger partial charge in [-0.2, -0.15) is 0 Å². The van der Waals surface area contributed by atoms with Crippen LogP contribution in [0.15, 0.2) is 16.9 Å². The second kappa shape index (κ2) is 9.61. The molecule has 3 aliphatic rings. The standard InChI is InChI=1S/C27H33FN4O7/c1-10(2)8-32(5)9-13-18(28)12-6-11-7-14-20(31(3)4)23(35)17(26(30)38)25(37)27(14,39)24(36)15(11)21(33)16(12)22(34)19(13)29/h5,10-11,14,20,33-34,37,39H,6-9,29H2,1-4H3,(H2,30,38)/t11-,14-,20-,27-/m0/s1. The largest absolute Gasteiger partial charge is 0.508 e. The normalized spacial score (nSPS) is 26.9. The van der Waals surface area contributed by atoms with E-state index in [9.17, 15) is 34.8 Å². The molecule has 0 bridgehead atoms. The van der Waals surface area contributed by atoms with E-state index >= 15 is 4.39 Å². The monoisotopic (exact) mass is 544 g/mol. The van der Waals surface area contributed by atoms with Gasteiger partial charge >= 0.3 is 0 Å². The molecule has 0 heterocycles. The van der Waals surface area contributed by atoms with E-state index in [-0.39, 0.29) is 47.7 Å². The Morgan fingerprint density at radius 2 is 1.85 bits per heavy atom. The van der Waals surface area contributed by atoms with Crippen LogP contribution >= 0.6 is 0 Å². The van der Waals surface area contributed by atoms with E-state index in [2.05, 4.69) is 0 Å². The predicted molar refractivity (Wildman–Crippen MR) is 138 cm³/mol. The highest BCUT2D eigenvalue weighted by Gasteiger charge is 2.64. The summed E-state index contributed by atoms with van der Waals surface area (Å²) >= 11 is 0. The Morgan fingerprint density at radius 3 is 2.38 bits per heavy atom. The van der Waals surface area contributed by atoms with Gasteiger partial charge in [0.25, 0.3) is 5.91 Å². The summed E-state index contributed by atoms with van der Waals surface area (Å²) in [5, 5.41) is 44.6. The Labute approximate surface area is 225 Å². The molecule has 4 atom stereocenters. The second-order valence-corrected chi connectivity index (χ2v) is 11.2. The number of nitrogens with two attached hydrogens (primary N) is 2. The highest BCUT2D eigenvalue weighted by Crippen LogP contribution is 2.54. The number of phenols is 1. The SMILES string of the molecule is [CH]N(Cc1c(N)c(O)c2c(c1F)C[C@H]1C[C@H]3[C@H](N(C)C)C(=O)C(C(N)=O)=C(O)[C@@]3(O)C(=O)C1=C2O)CC(C)C. The summed E-state index contributed by atoms with van der Waals surface area (Å²) in [6, 6.07) is -1.23. The van der Waals surface area contributed by atoms with Gasteiger partial charge in [0.05, 0.1) is 17.3 Å². The van der Waals surface area contributed by atoms with Gasteiger partial charge in [-0.3, -0.25) is 24.2 Å². The molecule has 1 aromatic carbocycles. The zero-order valence-corrected chi connectivity index (χ0v) is 22.2. The summed E-state index contributed by atoms with van der Waals surface area (Å²) in [6.07, 6.45) is -0.335. The van der Waals surface area contributed by atoms with E-state index in [0.29, 0.717) is 6.54 Å². The number of rotatable bonds is 6. The third kappa shape index (κ3) is 4.09. The lowest BCUT2D eigenvalue weighted by Gasteiger charge is -2.50. The number of primary amides is 1. The zero-order valence-electron chi connectivity index (χ0n) is 22.2. The molecule has 1 saturated carbocycles. The van der Waals surface area contributed by atoms with Crippen molar-refractivity contribution in [3.05, 3.63) is 46.5 Å². The molecule has 39 heavy (non-hydrogen) atoms. The van der Waals surface area contributed by atoms with Crippen LogP contribution in [0.4, 0.5) is 10.1 Å². The lowest BCUT2D eigenvalue weighted by Crippen LogP contribution is -2.65. The number of carbonyl (C=O) groups is 3. The number of carbonyl (C=O) groups excluding carboxylic acids is 3. The van der Waals surface area contributed by atoms with E-state index in [1.165, 1.54) is 23.9 Å². The van der Waals surface area contributed by atoms with E-state index in [1.54, 1.807) is 0 Å². The number of halogens is 1. The maximum atomic E-state index is 15.9. The first-order valence-corrected chi connectivity index (χ1v) is 12.5. The number of nitrogen functional groups attached to an aromatic ring is 1. The molecular formula is C27H33FN4O7. The first-order valence-electron chi connectivity index (χ1n) is 12.5. The van der Waals surface area contributed by atoms with Gasteiger partial charge in [0.2, 0.25) is 5.78 Å². The van der Waals surface area contributed by atoms with Crippen molar-refractivity contribution in [3.63, 3.8) is 0 Å². The van der Waals surface area contributed by atoms with Gasteiger partial charge in [0.1, 0.15) is 28.7 Å². The van der Waals surface area contributed by atoms with Crippen LogP contribution in [0.5, 0.6) is 5.75 Å². The van der Waals surface area contributed by atoms with Crippen molar-refractivity contribution in [2.75, 3.05) is 26.4 Å². The van der Waals surface area contributed by atoms with Crippen LogP contribution in [0.2, 0.25) is 0 Å². The molecule has 0 saturated heterocycles. The molecule has 3 aliphatic carbocycles. The van der Waals surface area contributed by atoms with Crippen molar-refractivity contribution in [2.45, 2.75) is 44.9 Å². The first kappa shape index (κ1) is 28.5. The number of aliphatic hydroxyl groups excluding tert-OH is 2. The fraction of sp³-hybridized carbons (Fsp3) is 0.481. The van der Waals surface area contributed by atoms with Crippen LogP contribution in [0.1, 0.15) is 37.0 Å². The summed E-state index contributed by atoms with van der Waals surface area (Å²) in [7, 11) is 9.00. The second-order valence-electron chi connectivity index (χ2n) is 11.2. The number of hydrogen-bond acceptors (Lipinski definition) is 10. The number of aromatic hydroxyl groups is 1. The number of aliphatic hydroxyl groups is 3. The Balaban J connectivity index is 1.91. The predicted octanol–water partition coefficient (Wildman–Crippen LogP) is 0.812. The molecule has 11 nitrogen and oxygen atoms in total. The molecule has 210 valence electrons. The Kier molecular flexibility index (Phi) is 7.03. The number of hydrogen-bond donors (Lipinski definition) is 6. The van der Waals surface area contributed by atoms with Crippen LogP contribution in [0, 0.1) is 30.6 Å². The lowest BCUT2D eigenvalue weighted by molar-refractivity contribution is -0.153. The molecule has 8 N–H and O–H groups in total. The summed E-state index contributed by atoms with van der Waals surface area (Å²) in [5.74, 6) is -8.85. The first-order chi connectivity index (χ1) is 18.0. The average molecular weight is 545 g/mol. The molecule has 0 aliphatic heterocycles. The number of Topliss-reactive ketones (excluding diaryl/α,β-unsaturated/α-hetero) is 2. The minimum absolute atomic E-state index is 0.0741. The van der Waals surface area contributed by atoms with Crippen molar-refractivity contribution in [1.29, 1.82) is 0 Å². The van der Waals surface area contributed by atoms with Crippen LogP contribution in [0.3, 0.4) is 0 Å². The maximum absolute atomic E-state index is 15.9. The van der Waals surface area contributed by atoms with Gasteiger partial charge in [-0.05, 0) is 38.8 Å². The van der Waals surface area contributed by atoms with E-state index < -0.39 is 75.2 Å². The molecular weight excluding hydrogens is 511 g/mol. The molecule has 0 aromatic heterocycles. The van der Waals surface area contributed by atoms with Crippen LogP contribution in [0.25, 0.3) is 5.76 Å². The maximum Gasteiger partial charge on any atom is 0.255 e. The summed E-state index contributed by atoms with van der Waals surface area (Å²) in [5.41, 5.74) is 6.33. The molecule has 4 rings (SSSR count). The summed E-state index contributed by atoms with van der Waals surface area (Å²) in [4.78, 5) is 41.7. The minimum atomic E-state index is -2.78. The van der Waals surface area contributed by atoms with Gasteiger partial charge in [-0.25, -0.2) is 4.39 Å². The van der Waals surface area contributed by atoms with Crippen molar-refractivity contribution < 1.29 is 39.2 Å². The van der Waals surface area contributed by atoms with E-state index in [4.69, 9.17) is 18.5 Å². The average Bonchev–Trinajstić information content (AvgIpc) is 2.81. The zero-order chi connectivity index (χ0) is 29.3. The van der Waals surface area contributed by atoms with Gasteiger partial charge in [-0.1, -0.05) is 13.8 Å². The Hall–Kier alpha value is -3.48. The number of amides is 1. The van der Waals surface area contributed by atoms with Crippen molar-refractivity contribution >= 4 is 28.9 Å². The number of anilines is 1. The number of benzene rings is 1. The lowest BCUT2D eigenvalue weighted by atomic mass is 9.57. The molecule has 0 unspecified atom stereocenters. The molecule has 1 aromatic rings. The number of likely N-dealkylation sites (N-methyl/N-ethyl adjacent to an activating group) is 1. The van der Waals surface area contributed by atoms with Gasteiger partial charge in [0, 0.05) is 42.8 Å². The Bertz CT molecular complexity index is 1350. The fourth-order valence-corrected chi connectivity index (χ4v) is 6.30. The molecule has 0 spiro atoms. The van der Waals surface area contributed by atoms with Crippen molar-refractivity contribution in [1.82, 2.24) is 9.80 Å². The van der Waals surface area contributed by atoms with Crippen molar-refractivity contribution in [3.8, 4) is 5.75 Å². The Morgan fingerprint density at radius 1 is 1.23 bits per heavy atom. The number of fused-ring (bicyclic) bond motifs is 3. The summed E-state index contributed by atoms with van der Waals surface area (Å²) < 4.78 is 15.9. The highest BCUT2D eigenvalue weighted by atomic mass is 19.1. The third-order valence-corrected chi connectivity index (χ3v) is 7.92. The van der Waals surface area contributed by atoms with Gasteiger partial charge in [-0.15, -0.1) is 0 Å². The van der Waals surface area contributed by atoms with E-state index in [1.807, 2.05) is 13.8 Å². The molecule has 1 fully saturated rings. The topological polar surface area (TPSA) is 191 Å². The fourth-order valence-electron chi connectivity index (χ4n) is 6.30. The molecule has 12 heteroatoms. The number of nitrogens with zero attached hydrogens (tertiary/aromatic N) is 2. The van der Waals surface area contributed by atoms with Gasteiger partial charge < -0.3 is 31.9 Å². The molecule has 1 amide bonds. The van der Waals surface area contributed by atoms with E-state index in [0.717, 1.165) is 0 Å². The minimum Gasteiger partial charge on any atom is -0.508 e. The quantitative estimate of drug-likeness (QED) is 0.129. The third-order valence-electron chi connectivity index (χ3n) is 7.92. The van der Waals surface area contributed by atoms with Crippen LogP contribution in [-0.4, -0.2) is 80.0 Å². The smallest absolute Gasteiger partial charge is 0.255 e. The van der Waals surface area contributed by atoms with Crippen molar-refractivity contribution in [2.24, 2.45) is 23.5 Å². The summed E-state index contributed by atoms with van der Waals surface area (Å²) in [6.45, 7) is 4.12. The van der Waals surface area contributed by atoms with Gasteiger partial charge in [0.15, 0.2) is 11.4 Å². The number of ketones is 2. The molecule has 2 radical (unpaired) electrons. The highest BCUT2D eigenvalue weighted by molar-refractivity contribution is 6.24. The van der Waals surface area contributed by atoms with Crippen LogP contribution < -0.4 is 11.5 Å². The number of phenolic OH excluding ortho intramolecular Hbond substituents is 1. The van der Waals surface area contributed by atoms with Crippen LogP contribution in [-0.2, 0) is 27.3 Å².